The van der Waals surface area contributed by atoms with E-state index in [2.05, 4.69) is 30.6 Å². The molecule has 1 aliphatic heterocycles. The first-order valence-corrected chi connectivity index (χ1v) is 8.29. The Morgan fingerprint density at radius 1 is 1.36 bits per heavy atom. The van der Waals surface area contributed by atoms with E-state index in [-0.39, 0.29) is 11.9 Å². The molecule has 7 nitrogen and oxygen atoms in total. The molecular formula is C16H16ClFN6O. The van der Waals surface area contributed by atoms with Crippen LogP contribution in [0.4, 0.5) is 10.2 Å². The Balaban J connectivity index is 1.60. The molecule has 3 N–H and O–H groups in total. The number of nitrogens with zero attached hydrogens (tertiary/aromatic N) is 3. The molecule has 1 saturated heterocycles. The van der Waals surface area contributed by atoms with Crippen molar-refractivity contribution >= 4 is 28.5 Å². The summed E-state index contributed by atoms with van der Waals surface area (Å²) in [6.45, 7) is 2.57. The van der Waals surface area contributed by atoms with Crippen LogP contribution >= 0.6 is 11.6 Å². The molecule has 1 atom stereocenters. The van der Waals surface area contributed by atoms with Crippen LogP contribution in [0.2, 0.25) is 5.02 Å². The molecule has 1 unspecified atom stereocenters. The van der Waals surface area contributed by atoms with Crippen LogP contribution in [0.3, 0.4) is 0 Å². The minimum absolute atomic E-state index is 0.114. The van der Waals surface area contributed by atoms with Gasteiger partial charge in [-0.15, -0.1) is 0 Å². The lowest BCUT2D eigenvalue weighted by atomic mass is 10.2. The lowest BCUT2D eigenvalue weighted by molar-refractivity contribution is 0.0806. The van der Waals surface area contributed by atoms with Crippen LogP contribution in [0.15, 0.2) is 24.7 Å². The van der Waals surface area contributed by atoms with Gasteiger partial charge in [-0.1, -0.05) is 11.6 Å². The summed E-state index contributed by atoms with van der Waals surface area (Å²) >= 11 is 6.02. The number of anilines is 1. The van der Waals surface area contributed by atoms with Crippen molar-refractivity contribution in [2.24, 2.45) is 0 Å². The van der Waals surface area contributed by atoms with E-state index < -0.39 is 5.82 Å². The molecule has 0 saturated carbocycles. The van der Waals surface area contributed by atoms with Crippen molar-refractivity contribution in [2.75, 3.05) is 31.6 Å². The van der Waals surface area contributed by atoms with E-state index in [0.29, 0.717) is 41.8 Å². The summed E-state index contributed by atoms with van der Waals surface area (Å²) < 4.78 is 19.5. The largest absolute Gasteiger partial charge is 0.378 e. The van der Waals surface area contributed by atoms with Gasteiger partial charge in [-0.05, 0) is 6.07 Å². The van der Waals surface area contributed by atoms with Gasteiger partial charge in [-0.3, -0.25) is 0 Å². The molecule has 4 heterocycles. The maximum Gasteiger partial charge on any atom is 0.183 e. The van der Waals surface area contributed by atoms with E-state index >= 15 is 0 Å². The van der Waals surface area contributed by atoms with Gasteiger partial charge in [-0.2, -0.15) is 0 Å². The highest BCUT2D eigenvalue weighted by Gasteiger charge is 2.16. The average Bonchev–Trinajstić information content (AvgIpc) is 3.05. The molecule has 130 valence electrons. The fourth-order valence-corrected chi connectivity index (χ4v) is 2.91. The van der Waals surface area contributed by atoms with Gasteiger partial charge < -0.3 is 20.4 Å². The second-order valence-electron chi connectivity index (χ2n) is 5.75. The van der Waals surface area contributed by atoms with E-state index in [1.165, 1.54) is 0 Å². The van der Waals surface area contributed by atoms with Crippen molar-refractivity contribution in [3.8, 4) is 11.4 Å². The second-order valence-corrected chi connectivity index (χ2v) is 6.19. The predicted octanol–water partition coefficient (Wildman–Crippen LogP) is 2.21. The van der Waals surface area contributed by atoms with Crippen LogP contribution in [0, 0.1) is 5.82 Å². The first-order chi connectivity index (χ1) is 12.2. The molecule has 1 aliphatic rings. The number of H-pyrrole nitrogens is 1. The molecule has 25 heavy (non-hydrogen) atoms. The van der Waals surface area contributed by atoms with Crippen molar-refractivity contribution in [3.63, 3.8) is 0 Å². The fourth-order valence-electron chi connectivity index (χ4n) is 2.75. The Labute approximate surface area is 148 Å². The second kappa shape index (κ2) is 6.91. The first kappa shape index (κ1) is 16.2. The maximum atomic E-state index is 14.1. The van der Waals surface area contributed by atoms with Crippen LogP contribution in [0.1, 0.15) is 0 Å². The van der Waals surface area contributed by atoms with Crippen LogP contribution in [0.25, 0.3) is 22.4 Å². The fraction of sp³-hybridized carbons (Fsp3) is 0.312. The number of pyridine rings is 1. The summed E-state index contributed by atoms with van der Waals surface area (Å²) in [5, 5.41) is 7.62. The number of fused-ring (bicyclic) bond motifs is 1. The highest BCUT2D eigenvalue weighted by Crippen LogP contribution is 2.28. The van der Waals surface area contributed by atoms with Crippen molar-refractivity contribution in [1.82, 2.24) is 25.3 Å². The summed E-state index contributed by atoms with van der Waals surface area (Å²) in [4.78, 5) is 15.7. The lowest BCUT2D eigenvalue weighted by Crippen LogP contribution is -2.45. The van der Waals surface area contributed by atoms with E-state index in [1.807, 2.05) is 0 Å². The number of halogens is 2. The Hall–Kier alpha value is -2.29. The number of morpholine rings is 1. The van der Waals surface area contributed by atoms with Gasteiger partial charge in [0.2, 0.25) is 0 Å². The molecule has 0 aromatic carbocycles. The molecule has 3 aromatic rings. The zero-order valence-electron chi connectivity index (χ0n) is 13.2. The van der Waals surface area contributed by atoms with E-state index in [0.717, 1.165) is 18.1 Å². The molecule has 4 rings (SSSR count). The SMILES string of the molecule is Fc1cnc(-c2c[nH]c3ncc(Cl)cc23)nc1NCC1COCCN1. The van der Waals surface area contributed by atoms with Gasteiger partial charge >= 0.3 is 0 Å². The minimum Gasteiger partial charge on any atom is -0.378 e. The minimum atomic E-state index is -0.503. The molecular weight excluding hydrogens is 347 g/mol. The van der Waals surface area contributed by atoms with Crippen LogP contribution < -0.4 is 10.6 Å². The smallest absolute Gasteiger partial charge is 0.183 e. The highest BCUT2D eigenvalue weighted by molar-refractivity contribution is 6.31. The number of aromatic nitrogens is 4. The highest BCUT2D eigenvalue weighted by atomic mass is 35.5. The van der Waals surface area contributed by atoms with E-state index in [9.17, 15) is 4.39 Å². The third-order valence-corrected chi connectivity index (χ3v) is 4.20. The molecule has 0 radical (unpaired) electrons. The lowest BCUT2D eigenvalue weighted by Gasteiger charge is -2.24. The van der Waals surface area contributed by atoms with Gasteiger partial charge in [0.1, 0.15) is 5.65 Å². The molecule has 0 amide bonds. The number of hydrogen-bond acceptors (Lipinski definition) is 6. The predicted molar refractivity (Wildman–Crippen MR) is 93.2 cm³/mol. The van der Waals surface area contributed by atoms with E-state index in [4.69, 9.17) is 16.3 Å². The number of hydrogen-bond donors (Lipinski definition) is 3. The quantitative estimate of drug-likeness (QED) is 0.659. The zero-order valence-corrected chi connectivity index (χ0v) is 14.0. The van der Waals surface area contributed by atoms with E-state index in [1.54, 1.807) is 18.5 Å². The van der Waals surface area contributed by atoms with Crippen molar-refractivity contribution < 1.29 is 9.13 Å². The molecule has 0 aliphatic carbocycles. The van der Waals surface area contributed by atoms with Crippen LogP contribution in [0.5, 0.6) is 0 Å². The van der Waals surface area contributed by atoms with Crippen molar-refractivity contribution in [3.05, 3.63) is 35.5 Å². The number of rotatable bonds is 4. The maximum absolute atomic E-state index is 14.1. The third kappa shape index (κ3) is 3.41. The van der Waals surface area contributed by atoms with Gasteiger partial charge in [0.25, 0.3) is 0 Å². The number of nitrogens with one attached hydrogen (secondary N) is 3. The van der Waals surface area contributed by atoms with Gasteiger partial charge in [0, 0.05) is 42.5 Å². The number of ether oxygens (including phenoxy) is 1. The Kier molecular flexibility index (Phi) is 4.48. The Bertz CT molecular complexity index is 895. The molecule has 9 heteroatoms. The third-order valence-electron chi connectivity index (χ3n) is 4.00. The summed E-state index contributed by atoms with van der Waals surface area (Å²) in [5.41, 5.74) is 1.39. The summed E-state index contributed by atoms with van der Waals surface area (Å²) in [7, 11) is 0. The topological polar surface area (TPSA) is 87.8 Å². The summed E-state index contributed by atoms with van der Waals surface area (Å²) in [5.74, 6) is 0.0465. The van der Waals surface area contributed by atoms with Gasteiger partial charge in [0.05, 0.1) is 24.4 Å². The van der Waals surface area contributed by atoms with Crippen molar-refractivity contribution in [2.45, 2.75) is 6.04 Å². The number of aromatic amines is 1. The summed E-state index contributed by atoms with van der Waals surface area (Å²) in [6.07, 6.45) is 4.45. The first-order valence-electron chi connectivity index (χ1n) is 7.91. The zero-order chi connectivity index (χ0) is 17.2. The monoisotopic (exact) mass is 362 g/mol. The van der Waals surface area contributed by atoms with Crippen molar-refractivity contribution in [1.29, 1.82) is 0 Å². The Morgan fingerprint density at radius 2 is 2.28 bits per heavy atom. The molecule has 0 spiro atoms. The standard InChI is InChI=1S/C16H16ClFN6O/c17-9-3-11-12(6-22-14(11)20-4-9)15-23-7-13(18)16(24-15)21-5-10-8-25-2-1-19-10/h3-4,6-7,10,19H,1-2,5,8H2,(H,20,22)(H,21,23,24). The average molecular weight is 363 g/mol. The molecule has 3 aromatic heterocycles. The molecule has 1 fully saturated rings. The van der Waals surface area contributed by atoms with Crippen LogP contribution in [-0.2, 0) is 4.74 Å². The van der Waals surface area contributed by atoms with Gasteiger partial charge in [-0.25, -0.2) is 19.3 Å². The van der Waals surface area contributed by atoms with Gasteiger partial charge in [0.15, 0.2) is 17.5 Å². The normalized spacial score (nSPS) is 17.8. The summed E-state index contributed by atoms with van der Waals surface area (Å²) in [6, 6.07) is 1.89. The molecule has 0 bridgehead atoms. The Morgan fingerprint density at radius 3 is 3.12 bits per heavy atom. The van der Waals surface area contributed by atoms with Crippen LogP contribution in [-0.4, -0.2) is 52.3 Å².